The summed E-state index contributed by atoms with van der Waals surface area (Å²) in [6, 6.07) is 15.2. The molecule has 24 heavy (non-hydrogen) atoms. The van der Waals surface area contributed by atoms with Crippen molar-refractivity contribution in [1.29, 1.82) is 0 Å². The smallest absolute Gasteiger partial charge is 0 e. The van der Waals surface area contributed by atoms with Gasteiger partial charge in [0.25, 0.3) is 0 Å². The van der Waals surface area contributed by atoms with E-state index in [2.05, 4.69) is 86.2 Å². The van der Waals surface area contributed by atoms with Gasteiger partial charge in [0, 0.05) is 26.2 Å². The van der Waals surface area contributed by atoms with E-state index >= 15 is 0 Å². The number of benzene rings is 2. The van der Waals surface area contributed by atoms with Gasteiger partial charge in [-0.1, -0.05) is 73.0 Å². The standard InChI is InChI=1S/C21H17.2ClH.Zr/c1-15-13-17-8-3-5-11-20(21(17)14-15)19-12-6-9-16-7-2-4-10-18(16)19;;;/h2-15H,1H3;2*1H;/q-1;;;. The van der Waals surface area contributed by atoms with Gasteiger partial charge in [0.1, 0.15) is 0 Å². The maximum atomic E-state index is 2.37. The van der Waals surface area contributed by atoms with Crippen LogP contribution in [0.1, 0.15) is 12.5 Å². The third kappa shape index (κ3) is 3.80. The largest absolute Gasteiger partial charge is 0.184 e. The summed E-state index contributed by atoms with van der Waals surface area (Å²) in [6.45, 7) is 2.24. The molecule has 0 aliphatic heterocycles. The maximum absolute atomic E-state index is 2.37. The van der Waals surface area contributed by atoms with Gasteiger partial charge < -0.3 is 0 Å². The molecule has 0 aromatic heterocycles. The molecule has 0 spiro atoms. The number of allylic oxidation sites excluding steroid dienone is 8. The molecular formula is C21H19Cl2Zr-. The van der Waals surface area contributed by atoms with Gasteiger partial charge in [0.05, 0.1) is 0 Å². The van der Waals surface area contributed by atoms with E-state index in [1.165, 1.54) is 33.1 Å². The first-order valence-electron chi connectivity index (χ1n) is 7.47. The number of fused-ring (bicyclic) bond motifs is 2. The predicted octanol–water partition coefficient (Wildman–Crippen LogP) is 6.34. The molecule has 0 radical (unpaired) electrons. The number of rotatable bonds is 1. The second-order valence-electron chi connectivity index (χ2n) is 5.72. The molecule has 122 valence electrons. The summed E-state index contributed by atoms with van der Waals surface area (Å²) in [6.07, 6.45) is 13.4. The fraction of sp³-hybridized carbons (Fsp3) is 0.0952. The first kappa shape index (κ1) is 21.0. The first-order valence-corrected chi connectivity index (χ1v) is 7.47. The Labute approximate surface area is 175 Å². The molecule has 0 heterocycles. The molecule has 1 atom stereocenters. The second kappa shape index (κ2) is 8.90. The van der Waals surface area contributed by atoms with Crippen molar-refractivity contribution in [1.82, 2.24) is 0 Å². The van der Waals surface area contributed by atoms with E-state index < -0.39 is 0 Å². The van der Waals surface area contributed by atoms with Crippen LogP contribution in [0.5, 0.6) is 0 Å². The van der Waals surface area contributed by atoms with Crippen LogP contribution in [-0.2, 0) is 26.2 Å². The molecule has 4 rings (SSSR count). The summed E-state index contributed by atoms with van der Waals surface area (Å²) >= 11 is 0. The van der Waals surface area contributed by atoms with Crippen LogP contribution in [0.25, 0.3) is 16.3 Å². The Hall–Kier alpha value is -1.01. The third-order valence-corrected chi connectivity index (χ3v) is 4.20. The van der Waals surface area contributed by atoms with Gasteiger partial charge in [-0.25, -0.2) is 0 Å². The van der Waals surface area contributed by atoms with Crippen molar-refractivity contribution in [2.45, 2.75) is 6.92 Å². The minimum absolute atomic E-state index is 0. The molecule has 2 aromatic carbocycles. The first-order chi connectivity index (χ1) is 10.3. The maximum Gasteiger partial charge on any atom is 0 e. The van der Waals surface area contributed by atoms with Crippen LogP contribution in [0, 0.1) is 12.3 Å². The van der Waals surface area contributed by atoms with Crippen LogP contribution in [0.4, 0.5) is 0 Å². The van der Waals surface area contributed by atoms with Crippen molar-refractivity contribution >= 4 is 41.2 Å². The predicted molar refractivity (Wildman–Crippen MR) is 105 cm³/mol. The summed E-state index contributed by atoms with van der Waals surface area (Å²) in [7, 11) is 0. The normalized spacial score (nSPS) is 17.7. The third-order valence-electron chi connectivity index (χ3n) is 4.20. The molecule has 3 heteroatoms. The molecule has 2 aromatic rings. The van der Waals surface area contributed by atoms with Crippen molar-refractivity contribution in [2.24, 2.45) is 5.92 Å². The average Bonchev–Trinajstić information content (AvgIpc) is 2.77. The Balaban J connectivity index is 0.000000960. The van der Waals surface area contributed by atoms with Crippen LogP contribution in [-0.4, -0.2) is 0 Å². The van der Waals surface area contributed by atoms with Crippen molar-refractivity contribution < 1.29 is 26.2 Å². The molecule has 0 nitrogen and oxygen atoms in total. The monoisotopic (exact) mass is 431 g/mol. The Kier molecular flexibility index (Phi) is 7.80. The Bertz CT molecular complexity index is 839. The van der Waals surface area contributed by atoms with E-state index in [-0.39, 0.29) is 51.0 Å². The molecule has 1 unspecified atom stereocenters. The topological polar surface area (TPSA) is 0 Å². The van der Waals surface area contributed by atoms with E-state index in [1.54, 1.807) is 0 Å². The van der Waals surface area contributed by atoms with Crippen molar-refractivity contribution in [3.05, 3.63) is 96.0 Å². The zero-order chi connectivity index (χ0) is 14.2. The van der Waals surface area contributed by atoms with Crippen LogP contribution in [0.2, 0.25) is 0 Å². The Morgan fingerprint density at radius 1 is 0.833 bits per heavy atom. The minimum atomic E-state index is 0. The van der Waals surface area contributed by atoms with Crippen molar-refractivity contribution in [3.8, 4) is 0 Å². The summed E-state index contributed by atoms with van der Waals surface area (Å²) in [5, 5.41) is 2.62. The van der Waals surface area contributed by atoms with E-state index in [4.69, 9.17) is 0 Å². The number of halogens is 2. The van der Waals surface area contributed by atoms with E-state index in [0.29, 0.717) is 5.92 Å². The van der Waals surface area contributed by atoms with E-state index in [0.717, 1.165) is 0 Å². The Morgan fingerprint density at radius 3 is 2.38 bits per heavy atom. The van der Waals surface area contributed by atoms with E-state index in [1.807, 2.05) is 0 Å². The summed E-state index contributed by atoms with van der Waals surface area (Å²) < 4.78 is 0. The molecule has 0 fully saturated rings. The van der Waals surface area contributed by atoms with Gasteiger partial charge in [0.2, 0.25) is 0 Å². The van der Waals surface area contributed by atoms with Gasteiger partial charge in [-0.2, -0.15) is 18.1 Å². The summed E-state index contributed by atoms with van der Waals surface area (Å²) in [5.74, 6) is 0.510. The van der Waals surface area contributed by atoms with Gasteiger partial charge in [-0.05, 0) is 16.3 Å². The fourth-order valence-electron chi connectivity index (χ4n) is 3.27. The van der Waals surface area contributed by atoms with Gasteiger partial charge in [-0.3, -0.25) is 0 Å². The van der Waals surface area contributed by atoms with Crippen molar-refractivity contribution in [3.63, 3.8) is 0 Å². The molecular weight excluding hydrogens is 414 g/mol. The summed E-state index contributed by atoms with van der Waals surface area (Å²) in [5.41, 5.74) is 5.35. The number of hydrogen-bond donors (Lipinski definition) is 0. The van der Waals surface area contributed by atoms with Gasteiger partial charge in [0.15, 0.2) is 0 Å². The zero-order valence-electron chi connectivity index (χ0n) is 13.4. The van der Waals surface area contributed by atoms with E-state index in [9.17, 15) is 0 Å². The van der Waals surface area contributed by atoms with Gasteiger partial charge >= 0.3 is 0 Å². The number of hydrogen-bond acceptors (Lipinski definition) is 0. The van der Waals surface area contributed by atoms with Crippen molar-refractivity contribution in [2.75, 3.05) is 0 Å². The van der Waals surface area contributed by atoms with Crippen LogP contribution in [0.15, 0.2) is 84.0 Å². The SMILES string of the molecule is CC1C=C2C(=CC=CC=C2c2cccc3ccccc23)[CH-]1.Cl.Cl.[Zr]. The zero-order valence-corrected chi connectivity index (χ0v) is 17.5. The van der Waals surface area contributed by atoms with Crippen LogP contribution < -0.4 is 0 Å². The van der Waals surface area contributed by atoms with Crippen LogP contribution in [0.3, 0.4) is 0 Å². The summed E-state index contributed by atoms with van der Waals surface area (Å²) in [4.78, 5) is 0. The fourth-order valence-corrected chi connectivity index (χ4v) is 3.27. The molecule has 0 amide bonds. The molecule has 0 N–H and O–H groups in total. The molecule has 0 saturated carbocycles. The Morgan fingerprint density at radius 2 is 1.54 bits per heavy atom. The molecule has 0 bridgehead atoms. The molecule has 0 saturated heterocycles. The quantitative estimate of drug-likeness (QED) is 0.460. The second-order valence-corrected chi connectivity index (χ2v) is 5.72. The molecule has 2 aliphatic carbocycles. The molecule has 2 aliphatic rings. The van der Waals surface area contributed by atoms with Crippen LogP contribution >= 0.6 is 24.8 Å². The average molecular weight is 434 g/mol. The van der Waals surface area contributed by atoms with Gasteiger partial charge in [-0.15, -0.1) is 42.5 Å². The minimum Gasteiger partial charge on any atom is -0.184 e.